The van der Waals surface area contributed by atoms with E-state index >= 15 is 0 Å². The Morgan fingerprint density at radius 1 is 1.22 bits per heavy atom. The van der Waals surface area contributed by atoms with E-state index in [-0.39, 0.29) is 23.6 Å². The van der Waals surface area contributed by atoms with Gasteiger partial charge in [-0.3, -0.25) is 9.48 Å². The Balaban J connectivity index is 1.35. The summed E-state index contributed by atoms with van der Waals surface area (Å²) in [5.41, 5.74) is 1.00. The maximum absolute atomic E-state index is 13.7. The van der Waals surface area contributed by atoms with E-state index < -0.39 is 23.7 Å². The molecular formula is C21H20F2N6O3. The number of anilines is 2. The number of hydrogen-bond donors (Lipinski definition) is 2. The van der Waals surface area contributed by atoms with Gasteiger partial charge in [0.25, 0.3) is 0 Å². The summed E-state index contributed by atoms with van der Waals surface area (Å²) in [6.45, 7) is 1.90. The Hall–Kier alpha value is -4.02. The van der Waals surface area contributed by atoms with E-state index in [1.165, 1.54) is 30.5 Å². The summed E-state index contributed by atoms with van der Waals surface area (Å²) in [6.07, 6.45) is 5.09. The summed E-state index contributed by atoms with van der Waals surface area (Å²) in [6, 6.07) is 5.09. The number of aryl methyl sites for hydroxylation is 1. The minimum absolute atomic E-state index is 0.0207. The van der Waals surface area contributed by atoms with Crippen LogP contribution in [0.25, 0.3) is 0 Å². The molecule has 1 aromatic carbocycles. The van der Waals surface area contributed by atoms with Gasteiger partial charge in [0.2, 0.25) is 17.6 Å². The lowest BCUT2D eigenvalue weighted by atomic mass is 10.2. The van der Waals surface area contributed by atoms with Crippen LogP contribution in [0, 0.1) is 11.6 Å². The first-order valence-electron chi connectivity index (χ1n) is 9.79. The Morgan fingerprint density at radius 3 is 2.72 bits per heavy atom. The molecule has 2 unspecified atom stereocenters. The number of nitrogens with zero attached hydrogens (tertiary/aromatic N) is 4. The van der Waals surface area contributed by atoms with Gasteiger partial charge in [-0.05, 0) is 31.5 Å². The topological polar surface area (TPSA) is 101 Å². The molecule has 3 amide bonds. The third-order valence-corrected chi connectivity index (χ3v) is 4.95. The summed E-state index contributed by atoms with van der Waals surface area (Å²) in [5.74, 6) is -2.66. The second-order valence-corrected chi connectivity index (χ2v) is 7.36. The number of carbonyl (C=O) groups excluding carboxylic acids is 2. The molecule has 11 heteroatoms. The van der Waals surface area contributed by atoms with Gasteiger partial charge >= 0.3 is 6.03 Å². The SMILES string of the molecule is CC1CC(NC(=O)Nc2ccc(Oc3cccc(F)c3F)nc2)C(=O)N1c1cnn(C)c1. The van der Waals surface area contributed by atoms with Gasteiger partial charge < -0.3 is 20.3 Å². The van der Waals surface area contributed by atoms with Crippen LogP contribution in [-0.4, -0.2) is 38.8 Å². The first-order valence-corrected chi connectivity index (χ1v) is 9.79. The average Bonchev–Trinajstić information content (AvgIpc) is 3.29. The Labute approximate surface area is 182 Å². The minimum Gasteiger partial charge on any atom is -0.436 e. The molecule has 0 bridgehead atoms. The van der Waals surface area contributed by atoms with E-state index in [9.17, 15) is 18.4 Å². The highest BCUT2D eigenvalue weighted by atomic mass is 19.2. The van der Waals surface area contributed by atoms with E-state index in [1.807, 2.05) is 6.92 Å². The fourth-order valence-electron chi connectivity index (χ4n) is 3.48. The molecule has 32 heavy (non-hydrogen) atoms. The molecule has 4 rings (SSSR count). The van der Waals surface area contributed by atoms with Gasteiger partial charge in [0.15, 0.2) is 11.6 Å². The number of urea groups is 1. The van der Waals surface area contributed by atoms with Gasteiger partial charge in [-0.1, -0.05) is 6.07 Å². The molecule has 166 valence electrons. The van der Waals surface area contributed by atoms with Crippen LogP contribution in [0.3, 0.4) is 0 Å². The lowest BCUT2D eigenvalue weighted by Gasteiger charge is -2.19. The molecule has 2 N–H and O–H groups in total. The van der Waals surface area contributed by atoms with Crippen LogP contribution in [0.4, 0.5) is 25.0 Å². The van der Waals surface area contributed by atoms with Gasteiger partial charge in [0, 0.05) is 25.4 Å². The molecule has 3 aromatic rings. The van der Waals surface area contributed by atoms with Crippen LogP contribution in [-0.2, 0) is 11.8 Å². The molecular weight excluding hydrogens is 422 g/mol. The second kappa shape index (κ2) is 8.61. The molecule has 2 aromatic heterocycles. The quantitative estimate of drug-likeness (QED) is 0.632. The first-order chi connectivity index (χ1) is 15.3. The van der Waals surface area contributed by atoms with Crippen LogP contribution >= 0.6 is 0 Å². The predicted octanol–water partition coefficient (Wildman–Crippen LogP) is 3.20. The van der Waals surface area contributed by atoms with E-state index in [4.69, 9.17) is 4.74 Å². The lowest BCUT2D eigenvalue weighted by molar-refractivity contribution is -0.118. The predicted molar refractivity (Wildman–Crippen MR) is 111 cm³/mol. The highest BCUT2D eigenvalue weighted by Gasteiger charge is 2.39. The molecule has 3 heterocycles. The molecule has 1 aliphatic rings. The fourth-order valence-corrected chi connectivity index (χ4v) is 3.48. The average molecular weight is 442 g/mol. The number of hydrogen-bond acceptors (Lipinski definition) is 5. The van der Waals surface area contributed by atoms with Crippen LogP contribution in [0.2, 0.25) is 0 Å². The van der Waals surface area contributed by atoms with Gasteiger partial charge in [-0.15, -0.1) is 0 Å². The van der Waals surface area contributed by atoms with E-state index in [1.54, 1.807) is 29.0 Å². The van der Waals surface area contributed by atoms with Gasteiger partial charge in [0.1, 0.15) is 6.04 Å². The van der Waals surface area contributed by atoms with Gasteiger partial charge in [-0.2, -0.15) is 9.49 Å². The van der Waals surface area contributed by atoms with E-state index in [2.05, 4.69) is 20.7 Å². The maximum atomic E-state index is 13.7. The number of rotatable bonds is 5. The Bertz CT molecular complexity index is 1150. The number of aromatic nitrogens is 3. The molecule has 9 nitrogen and oxygen atoms in total. The zero-order valence-electron chi connectivity index (χ0n) is 17.3. The molecule has 0 saturated carbocycles. The summed E-state index contributed by atoms with van der Waals surface area (Å²) in [7, 11) is 1.76. The van der Waals surface area contributed by atoms with Crippen molar-refractivity contribution < 1.29 is 23.1 Å². The van der Waals surface area contributed by atoms with Crippen molar-refractivity contribution in [3.8, 4) is 11.6 Å². The largest absolute Gasteiger partial charge is 0.436 e. The zero-order chi connectivity index (χ0) is 22.8. The third-order valence-electron chi connectivity index (χ3n) is 4.95. The Kier molecular flexibility index (Phi) is 5.71. The highest BCUT2D eigenvalue weighted by molar-refractivity contribution is 6.03. The first kappa shape index (κ1) is 21.2. The van der Waals surface area contributed by atoms with Crippen molar-refractivity contribution in [2.45, 2.75) is 25.4 Å². The fraction of sp³-hybridized carbons (Fsp3) is 0.238. The second-order valence-electron chi connectivity index (χ2n) is 7.36. The summed E-state index contributed by atoms with van der Waals surface area (Å²) in [5, 5.41) is 9.33. The summed E-state index contributed by atoms with van der Waals surface area (Å²) >= 11 is 0. The number of benzene rings is 1. The molecule has 1 saturated heterocycles. The molecule has 0 spiro atoms. The zero-order valence-corrected chi connectivity index (χ0v) is 17.3. The number of nitrogens with one attached hydrogen (secondary N) is 2. The van der Waals surface area contributed by atoms with Crippen LogP contribution in [0.1, 0.15) is 13.3 Å². The standard InChI is InChI=1S/C21H20F2N6O3/c1-12-8-16(20(30)29(12)14-10-25-28(2)11-14)27-21(31)26-13-6-7-18(24-9-13)32-17-5-3-4-15(22)19(17)23/h3-7,9-12,16H,8H2,1-2H3,(H2,26,27,31). The molecule has 1 fully saturated rings. The van der Waals surface area contributed by atoms with Gasteiger partial charge in [0.05, 0.1) is 23.8 Å². The number of halogens is 2. The van der Waals surface area contributed by atoms with Crippen LogP contribution in [0.15, 0.2) is 48.9 Å². The highest BCUT2D eigenvalue weighted by Crippen LogP contribution is 2.27. The molecule has 1 aliphatic heterocycles. The molecule has 2 atom stereocenters. The minimum atomic E-state index is -1.12. The number of pyridine rings is 1. The van der Waals surface area contributed by atoms with E-state index in [0.717, 1.165) is 6.07 Å². The van der Waals surface area contributed by atoms with Crippen molar-refractivity contribution in [3.63, 3.8) is 0 Å². The maximum Gasteiger partial charge on any atom is 0.319 e. The molecule has 0 radical (unpaired) electrons. The van der Waals surface area contributed by atoms with Crippen molar-refractivity contribution in [2.24, 2.45) is 7.05 Å². The summed E-state index contributed by atoms with van der Waals surface area (Å²) < 4.78 is 33.8. The normalized spacial score (nSPS) is 18.0. The van der Waals surface area contributed by atoms with Crippen LogP contribution in [0.5, 0.6) is 11.6 Å². The monoisotopic (exact) mass is 442 g/mol. The van der Waals surface area contributed by atoms with Crippen molar-refractivity contribution in [3.05, 3.63) is 60.6 Å². The number of ether oxygens (including phenoxy) is 1. The van der Waals surface area contributed by atoms with E-state index in [0.29, 0.717) is 17.8 Å². The van der Waals surface area contributed by atoms with Crippen molar-refractivity contribution in [1.82, 2.24) is 20.1 Å². The third kappa shape index (κ3) is 4.36. The number of amides is 3. The van der Waals surface area contributed by atoms with Crippen molar-refractivity contribution in [1.29, 1.82) is 0 Å². The van der Waals surface area contributed by atoms with Crippen molar-refractivity contribution in [2.75, 3.05) is 10.2 Å². The Morgan fingerprint density at radius 2 is 2.03 bits per heavy atom. The molecule has 0 aliphatic carbocycles. The van der Waals surface area contributed by atoms with Crippen molar-refractivity contribution >= 4 is 23.3 Å². The smallest absolute Gasteiger partial charge is 0.319 e. The summed E-state index contributed by atoms with van der Waals surface area (Å²) in [4.78, 5) is 30.7. The number of carbonyl (C=O) groups is 2. The van der Waals surface area contributed by atoms with Crippen LogP contribution < -0.4 is 20.3 Å². The van der Waals surface area contributed by atoms with Gasteiger partial charge in [-0.25, -0.2) is 14.2 Å². The lowest BCUT2D eigenvalue weighted by Crippen LogP contribution is -2.43.